The quantitative estimate of drug-likeness (QED) is 0.630. The van der Waals surface area contributed by atoms with E-state index in [1.807, 2.05) is 6.92 Å². The molecule has 0 fully saturated rings. The number of sulfone groups is 1. The summed E-state index contributed by atoms with van der Waals surface area (Å²) in [6.07, 6.45) is 2.07. The number of thiazole rings is 1. The summed E-state index contributed by atoms with van der Waals surface area (Å²) in [5, 5.41) is 3.05. The maximum atomic E-state index is 13.0. The second kappa shape index (κ2) is 8.62. The van der Waals surface area contributed by atoms with Crippen molar-refractivity contribution in [3.05, 3.63) is 76.5 Å². The van der Waals surface area contributed by atoms with Gasteiger partial charge in [-0.3, -0.25) is 4.79 Å². The molecule has 0 saturated heterocycles. The standard InChI is InChI=1S/C20H19FN2O3S2/c1-14-2-8-18(9-3-14)28(25,26)11-10-19(24)23-20-22-13-17(27-20)12-15-4-6-16(21)7-5-15/h2-9,13H,10-12H2,1H3,(H,22,23,24). The average molecular weight is 419 g/mol. The lowest BCUT2D eigenvalue weighted by molar-refractivity contribution is -0.115. The summed E-state index contributed by atoms with van der Waals surface area (Å²) in [6.45, 7) is 1.88. The van der Waals surface area contributed by atoms with Crippen molar-refractivity contribution < 1.29 is 17.6 Å². The van der Waals surface area contributed by atoms with Crippen LogP contribution in [0.1, 0.15) is 22.4 Å². The number of anilines is 1. The Morgan fingerprint density at radius 2 is 1.79 bits per heavy atom. The van der Waals surface area contributed by atoms with E-state index in [4.69, 9.17) is 0 Å². The highest BCUT2D eigenvalue weighted by Crippen LogP contribution is 2.22. The van der Waals surface area contributed by atoms with Gasteiger partial charge in [0.1, 0.15) is 5.82 Å². The highest BCUT2D eigenvalue weighted by atomic mass is 32.2. The smallest absolute Gasteiger partial charge is 0.227 e. The zero-order valence-corrected chi connectivity index (χ0v) is 16.8. The summed E-state index contributed by atoms with van der Waals surface area (Å²) in [4.78, 5) is 17.4. The van der Waals surface area contributed by atoms with Crippen LogP contribution in [0.4, 0.5) is 9.52 Å². The van der Waals surface area contributed by atoms with Crippen LogP contribution < -0.4 is 5.32 Å². The van der Waals surface area contributed by atoms with Crippen LogP contribution >= 0.6 is 11.3 Å². The number of hydrogen-bond donors (Lipinski definition) is 1. The number of carbonyl (C=O) groups excluding carboxylic acids is 1. The molecule has 146 valence electrons. The third-order valence-electron chi connectivity index (χ3n) is 4.07. The first-order valence-electron chi connectivity index (χ1n) is 8.60. The zero-order valence-electron chi connectivity index (χ0n) is 15.2. The molecule has 0 radical (unpaired) electrons. The van der Waals surface area contributed by atoms with Gasteiger partial charge in [0.2, 0.25) is 5.91 Å². The van der Waals surface area contributed by atoms with Gasteiger partial charge in [0, 0.05) is 23.9 Å². The Balaban J connectivity index is 1.54. The highest BCUT2D eigenvalue weighted by Gasteiger charge is 2.17. The number of nitrogens with zero attached hydrogens (tertiary/aromatic N) is 1. The minimum Gasteiger partial charge on any atom is -0.302 e. The summed E-state index contributed by atoms with van der Waals surface area (Å²) in [5.74, 6) is -0.963. The molecular weight excluding hydrogens is 399 g/mol. The van der Waals surface area contributed by atoms with Gasteiger partial charge in [-0.2, -0.15) is 0 Å². The van der Waals surface area contributed by atoms with Gasteiger partial charge < -0.3 is 5.32 Å². The van der Waals surface area contributed by atoms with Gasteiger partial charge in [-0.1, -0.05) is 29.8 Å². The highest BCUT2D eigenvalue weighted by molar-refractivity contribution is 7.91. The van der Waals surface area contributed by atoms with Gasteiger partial charge >= 0.3 is 0 Å². The zero-order chi connectivity index (χ0) is 20.1. The molecule has 1 heterocycles. The van der Waals surface area contributed by atoms with Crippen LogP contribution in [0.15, 0.2) is 59.6 Å². The lowest BCUT2D eigenvalue weighted by atomic mass is 10.1. The van der Waals surface area contributed by atoms with E-state index in [2.05, 4.69) is 10.3 Å². The number of aryl methyl sites for hydroxylation is 1. The Morgan fingerprint density at radius 3 is 2.46 bits per heavy atom. The van der Waals surface area contributed by atoms with Gasteiger partial charge in [0.25, 0.3) is 0 Å². The Bertz CT molecular complexity index is 1060. The molecule has 0 spiro atoms. The Kier molecular flexibility index (Phi) is 6.21. The Morgan fingerprint density at radius 1 is 1.11 bits per heavy atom. The average Bonchev–Trinajstić information content (AvgIpc) is 3.09. The van der Waals surface area contributed by atoms with Crippen molar-refractivity contribution >= 4 is 32.2 Å². The van der Waals surface area contributed by atoms with Crippen LogP contribution in [0.2, 0.25) is 0 Å². The van der Waals surface area contributed by atoms with Gasteiger partial charge in [-0.15, -0.1) is 11.3 Å². The predicted octanol–water partition coefficient (Wildman–Crippen LogP) is 3.98. The van der Waals surface area contributed by atoms with Crippen LogP contribution in [0, 0.1) is 12.7 Å². The van der Waals surface area contributed by atoms with Gasteiger partial charge in [0.05, 0.1) is 10.6 Å². The van der Waals surface area contributed by atoms with E-state index in [0.717, 1.165) is 16.0 Å². The molecule has 0 bridgehead atoms. The SMILES string of the molecule is Cc1ccc(S(=O)(=O)CCC(=O)Nc2ncc(Cc3ccc(F)cc3)s2)cc1. The molecule has 1 N–H and O–H groups in total. The molecule has 3 rings (SSSR count). The number of aromatic nitrogens is 1. The predicted molar refractivity (Wildman–Crippen MR) is 108 cm³/mol. The summed E-state index contributed by atoms with van der Waals surface area (Å²) in [5.41, 5.74) is 1.91. The molecule has 0 unspecified atom stereocenters. The molecular formula is C20H19FN2O3S2. The second-order valence-corrected chi connectivity index (χ2v) is 9.59. The monoisotopic (exact) mass is 418 g/mol. The van der Waals surface area contributed by atoms with Gasteiger partial charge in [0.15, 0.2) is 15.0 Å². The first kappa shape index (κ1) is 20.2. The molecule has 1 aromatic heterocycles. The lowest BCUT2D eigenvalue weighted by Crippen LogP contribution is -2.17. The summed E-state index contributed by atoms with van der Waals surface area (Å²) in [7, 11) is -3.51. The molecule has 8 heteroatoms. The first-order valence-corrected chi connectivity index (χ1v) is 11.1. The number of halogens is 1. The van der Waals surface area contributed by atoms with Crippen LogP contribution in [0.5, 0.6) is 0 Å². The van der Waals surface area contributed by atoms with Crippen LogP contribution in [0.25, 0.3) is 0 Å². The van der Waals surface area contributed by atoms with E-state index in [0.29, 0.717) is 11.6 Å². The molecule has 0 aliphatic heterocycles. The number of benzene rings is 2. The van der Waals surface area contributed by atoms with E-state index in [-0.39, 0.29) is 22.9 Å². The third-order valence-corrected chi connectivity index (χ3v) is 6.71. The number of amides is 1. The van der Waals surface area contributed by atoms with Crippen LogP contribution in [-0.4, -0.2) is 25.1 Å². The molecule has 0 atom stereocenters. The maximum absolute atomic E-state index is 13.0. The molecule has 1 amide bonds. The van der Waals surface area contributed by atoms with E-state index in [1.165, 1.54) is 23.5 Å². The van der Waals surface area contributed by atoms with Crippen molar-refractivity contribution in [1.82, 2.24) is 4.98 Å². The van der Waals surface area contributed by atoms with E-state index in [1.54, 1.807) is 42.6 Å². The normalized spacial score (nSPS) is 11.4. The molecule has 0 aliphatic carbocycles. The van der Waals surface area contributed by atoms with E-state index < -0.39 is 15.7 Å². The third kappa shape index (κ3) is 5.46. The second-order valence-electron chi connectivity index (χ2n) is 6.37. The van der Waals surface area contributed by atoms with Crippen molar-refractivity contribution in [3.8, 4) is 0 Å². The molecule has 28 heavy (non-hydrogen) atoms. The topological polar surface area (TPSA) is 76.1 Å². The van der Waals surface area contributed by atoms with E-state index >= 15 is 0 Å². The first-order chi connectivity index (χ1) is 13.3. The Hall–Kier alpha value is -2.58. The summed E-state index contributed by atoms with van der Waals surface area (Å²) < 4.78 is 37.6. The molecule has 3 aromatic rings. The lowest BCUT2D eigenvalue weighted by Gasteiger charge is -2.05. The van der Waals surface area contributed by atoms with Crippen molar-refractivity contribution in [3.63, 3.8) is 0 Å². The number of hydrogen-bond acceptors (Lipinski definition) is 5. The van der Waals surface area contributed by atoms with Crippen molar-refractivity contribution in [2.24, 2.45) is 0 Å². The van der Waals surface area contributed by atoms with Gasteiger partial charge in [-0.25, -0.2) is 17.8 Å². The molecule has 2 aromatic carbocycles. The number of rotatable bonds is 7. The maximum Gasteiger partial charge on any atom is 0.227 e. The largest absolute Gasteiger partial charge is 0.302 e. The summed E-state index contributed by atoms with van der Waals surface area (Å²) >= 11 is 1.31. The van der Waals surface area contributed by atoms with E-state index in [9.17, 15) is 17.6 Å². The molecule has 0 saturated carbocycles. The molecule has 0 aliphatic rings. The minimum atomic E-state index is -3.51. The fourth-order valence-electron chi connectivity index (χ4n) is 2.52. The number of carbonyl (C=O) groups is 1. The van der Waals surface area contributed by atoms with Crippen molar-refractivity contribution in [2.45, 2.75) is 24.7 Å². The fourth-order valence-corrected chi connectivity index (χ4v) is 4.63. The van der Waals surface area contributed by atoms with Crippen LogP contribution in [-0.2, 0) is 21.1 Å². The summed E-state index contributed by atoms with van der Waals surface area (Å²) in [6, 6.07) is 12.7. The van der Waals surface area contributed by atoms with Crippen molar-refractivity contribution in [1.29, 1.82) is 0 Å². The minimum absolute atomic E-state index is 0.150. The van der Waals surface area contributed by atoms with Gasteiger partial charge in [-0.05, 0) is 36.8 Å². The Labute approximate surface area is 167 Å². The molecule has 5 nitrogen and oxygen atoms in total. The fraction of sp³-hybridized carbons (Fsp3) is 0.200. The number of nitrogens with one attached hydrogen (secondary N) is 1. The van der Waals surface area contributed by atoms with Crippen LogP contribution in [0.3, 0.4) is 0 Å². The van der Waals surface area contributed by atoms with Crippen molar-refractivity contribution in [2.75, 3.05) is 11.1 Å².